The molecule has 0 saturated heterocycles. The Morgan fingerprint density at radius 2 is 2.10 bits per heavy atom. The Morgan fingerprint density at radius 1 is 1.30 bits per heavy atom. The highest BCUT2D eigenvalue weighted by atomic mass is 32.1. The summed E-state index contributed by atoms with van der Waals surface area (Å²) >= 11 is 1.40. The van der Waals surface area contributed by atoms with Gasteiger partial charge >= 0.3 is 5.97 Å². The summed E-state index contributed by atoms with van der Waals surface area (Å²) in [5.41, 5.74) is 8.91. The number of nitrogen functional groups attached to an aromatic ring is 1. The molecule has 0 aliphatic heterocycles. The quantitative estimate of drug-likeness (QED) is 0.755. The molecule has 0 saturated carbocycles. The number of carbonyl (C=O) groups is 1. The number of carboxylic acid groups (broad SMARTS) is 1. The molecule has 0 unspecified atom stereocenters. The molecule has 2 aromatic heterocycles. The van der Waals surface area contributed by atoms with Gasteiger partial charge in [0.05, 0.1) is 21.5 Å². The fourth-order valence-corrected chi connectivity index (χ4v) is 2.80. The Kier molecular flexibility index (Phi) is 2.87. The maximum atomic E-state index is 11.2. The van der Waals surface area contributed by atoms with Crippen LogP contribution in [0.4, 0.5) is 5.13 Å². The van der Waals surface area contributed by atoms with E-state index in [1.807, 2.05) is 18.2 Å². The molecule has 0 radical (unpaired) electrons. The predicted octanol–water partition coefficient (Wildman–Crippen LogP) is 2.95. The maximum Gasteiger partial charge on any atom is 0.337 e. The lowest BCUT2D eigenvalue weighted by Crippen LogP contribution is -2.01. The molecule has 0 aliphatic rings. The van der Waals surface area contributed by atoms with Crippen LogP contribution >= 0.6 is 11.3 Å². The fourth-order valence-electron chi connectivity index (χ4n) is 2.03. The van der Waals surface area contributed by atoms with Crippen LogP contribution in [0.25, 0.3) is 21.3 Å². The van der Waals surface area contributed by atoms with Crippen LogP contribution < -0.4 is 5.73 Å². The van der Waals surface area contributed by atoms with Crippen molar-refractivity contribution in [2.75, 3.05) is 5.73 Å². The summed E-state index contributed by atoms with van der Waals surface area (Å²) in [6.45, 7) is 1.68. The summed E-state index contributed by atoms with van der Waals surface area (Å²) in [5.74, 6) is -0.972. The number of benzene rings is 1. The van der Waals surface area contributed by atoms with E-state index < -0.39 is 5.97 Å². The Morgan fingerprint density at radius 3 is 2.85 bits per heavy atom. The number of fused-ring (bicyclic) bond motifs is 1. The average Bonchev–Trinajstić information content (AvgIpc) is 2.78. The molecule has 0 aliphatic carbocycles. The first-order valence-electron chi connectivity index (χ1n) is 5.91. The molecule has 2 heterocycles. The molecule has 0 atom stereocenters. The van der Waals surface area contributed by atoms with E-state index in [2.05, 4.69) is 9.97 Å². The molecule has 6 heteroatoms. The Hall–Kier alpha value is -2.47. The molecule has 0 amide bonds. The molecular weight excluding hydrogens is 274 g/mol. The summed E-state index contributed by atoms with van der Waals surface area (Å²) in [6.07, 6.45) is 1.67. The largest absolute Gasteiger partial charge is 0.478 e. The van der Waals surface area contributed by atoms with Crippen LogP contribution in [0.3, 0.4) is 0 Å². The van der Waals surface area contributed by atoms with E-state index in [0.29, 0.717) is 10.8 Å². The number of aryl methyl sites for hydroxylation is 1. The molecule has 0 fully saturated rings. The minimum atomic E-state index is -0.972. The Bertz CT molecular complexity index is 826. The lowest BCUT2D eigenvalue weighted by atomic mass is 10.0. The van der Waals surface area contributed by atoms with Crippen LogP contribution in [0.15, 0.2) is 30.5 Å². The summed E-state index contributed by atoms with van der Waals surface area (Å²) in [6, 6.07) is 7.34. The van der Waals surface area contributed by atoms with Gasteiger partial charge in [0.15, 0.2) is 5.13 Å². The van der Waals surface area contributed by atoms with Crippen molar-refractivity contribution in [3.8, 4) is 11.1 Å². The van der Waals surface area contributed by atoms with Gasteiger partial charge in [0, 0.05) is 11.8 Å². The molecule has 0 spiro atoms. The zero-order valence-corrected chi connectivity index (χ0v) is 11.4. The van der Waals surface area contributed by atoms with Crippen molar-refractivity contribution in [3.63, 3.8) is 0 Å². The topological polar surface area (TPSA) is 89.1 Å². The molecule has 3 N–H and O–H groups in total. The minimum Gasteiger partial charge on any atom is -0.478 e. The number of carboxylic acids is 1. The zero-order chi connectivity index (χ0) is 14.3. The first-order chi connectivity index (χ1) is 9.54. The second-order valence-corrected chi connectivity index (χ2v) is 5.46. The van der Waals surface area contributed by atoms with Crippen molar-refractivity contribution < 1.29 is 9.90 Å². The standard InChI is InChI=1S/C14H11N3O2S/c1-7-10(13(18)19)4-9(6-16-7)8-2-3-11-12(5-8)20-14(15)17-11/h2-6H,1H3,(H2,15,17)(H,18,19). The Labute approximate surface area is 118 Å². The van der Waals surface area contributed by atoms with Gasteiger partial charge in [-0.2, -0.15) is 0 Å². The molecule has 100 valence electrons. The monoisotopic (exact) mass is 285 g/mol. The minimum absolute atomic E-state index is 0.214. The van der Waals surface area contributed by atoms with Gasteiger partial charge in [-0.15, -0.1) is 0 Å². The SMILES string of the molecule is Cc1ncc(-c2ccc3nc(N)sc3c2)cc1C(=O)O. The van der Waals surface area contributed by atoms with Gasteiger partial charge in [0.1, 0.15) is 0 Å². The van der Waals surface area contributed by atoms with E-state index in [-0.39, 0.29) is 5.56 Å². The van der Waals surface area contributed by atoms with Crippen LogP contribution in [0, 0.1) is 6.92 Å². The first-order valence-corrected chi connectivity index (χ1v) is 6.72. The number of aromatic nitrogens is 2. The van der Waals surface area contributed by atoms with Gasteiger partial charge in [-0.25, -0.2) is 9.78 Å². The van der Waals surface area contributed by atoms with E-state index in [0.717, 1.165) is 21.3 Å². The zero-order valence-electron chi connectivity index (χ0n) is 10.6. The van der Waals surface area contributed by atoms with E-state index >= 15 is 0 Å². The van der Waals surface area contributed by atoms with Crippen molar-refractivity contribution >= 4 is 32.7 Å². The number of thiazole rings is 1. The molecule has 0 bridgehead atoms. The molecule has 1 aromatic carbocycles. The number of hydrogen-bond acceptors (Lipinski definition) is 5. The highest BCUT2D eigenvalue weighted by Gasteiger charge is 2.11. The third-order valence-electron chi connectivity index (χ3n) is 3.06. The normalized spacial score (nSPS) is 10.8. The number of nitrogens with zero attached hydrogens (tertiary/aromatic N) is 2. The van der Waals surface area contributed by atoms with Crippen molar-refractivity contribution in [3.05, 3.63) is 41.7 Å². The number of nitrogens with two attached hydrogens (primary N) is 1. The van der Waals surface area contributed by atoms with Crippen molar-refractivity contribution in [2.45, 2.75) is 6.92 Å². The number of hydrogen-bond donors (Lipinski definition) is 2. The summed E-state index contributed by atoms with van der Waals surface area (Å²) in [4.78, 5) is 19.5. The maximum absolute atomic E-state index is 11.2. The molecule has 20 heavy (non-hydrogen) atoms. The van der Waals surface area contributed by atoms with Gasteiger partial charge < -0.3 is 10.8 Å². The lowest BCUT2D eigenvalue weighted by Gasteiger charge is -2.05. The van der Waals surface area contributed by atoms with Gasteiger partial charge in [-0.3, -0.25) is 4.98 Å². The van der Waals surface area contributed by atoms with Crippen molar-refractivity contribution in [2.24, 2.45) is 0 Å². The van der Waals surface area contributed by atoms with Crippen LogP contribution in [-0.2, 0) is 0 Å². The number of pyridine rings is 1. The summed E-state index contributed by atoms with van der Waals surface area (Å²) < 4.78 is 0.970. The van der Waals surface area contributed by atoms with Crippen molar-refractivity contribution in [1.29, 1.82) is 0 Å². The summed E-state index contributed by atoms with van der Waals surface area (Å²) in [7, 11) is 0. The molecule has 3 aromatic rings. The van der Waals surface area contributed by atoms with Crippen LogP contribution in [0.1, 0.15) is 16.1 Å². The van der Waals surface area contributed by atoms with E-state index in [1.165, 1.54) is 11.3 Å². The van der Waals surface area contributed by atoms with E-state index in [1.54, 1.807) is 19.2 Å². The van der Waals surface area contributed by atoms with Crippen LogP contribution in [-0.4, -0.2) is 21.0 Å². The molecular formula is C14H11N3O2S. The van der Waals surface area contributed by atoms with Gasteiger partial charge in [-0.1, -0.05) is 17.4 Å². The van der Waals surface area contributed by atoms with E-state index in [9.17, 15) is 4.79 Å². The third kappa shape index (κ3) is 2.10. The smallest absolute Gasteiger partial charge is 0.337 e. The number of rotatable bonds is 2. The van der Waals surface area contributed by atoms with Gasteiger partial charge in [0.25, 0.3) is 0 Å². The first kappa shape index (κ1) is 12.6. The van der Waals surface area contributed by atoms with Crippen LogP contribution in [0.5, 0.6) is 0 Å². The Balaban J connectivity index is 2.14. The second-order valence-electron chi connectivity index (χ2n) is 4.40. The second kappa shape index (κ2) is 4.57. The average molecular weight is 285 g/mol. The van der Waals surface area contributed by atoms with Crippen molar-refractivity contribution in [1.82, 2.24) is 9.97 Å². The highest BCUT2D eigenvalue weighted by molar-refractivity contribution is 7.22. The number of anilines is 1. The number of aromatic carboxylic acids is 1. The predicted molar refractivity (Wildman–Crippen MR) is 79.0 cm³/mol. The highest BCUT2D eigenvalue weighted by Crippen LogP contribution is 2.29. The van der Waals surface area contributed by atoms with Gasteiger partial charge in [-0.05, 0) is 30.7 Å². The lowest BCUT2D eigenvalue weighted by molar-refractivity contribution is 0.0695. The van der Waals surface area contributed by atoms with Gasteiger partial charge in [0.2, 0.25) is 0 Å². The van der Waals surface area contributed by atoms with E-state index in [4.69, 9.17) is 10.8 Å². The van der Waals surface area contributed by atoms with Crippen LogP contribution in [0.2, 0.25) is 0 Å². The fraction of sp³-hybridized carbons (Fsp3) is 0.0714. The third-order valence-corrected chi connectivity index (χ3v) is 3.90. The molecule has 5 nitrogen and oxygen atoms in total. The summed E-state index contributed by atoms with van der Waals surface area (Å²) in [5, 5.41) is 9.67. The molecule has 3 rings (SSSR count).